The third kappa shape index (κ3) is 4.36. The Bertz CT molecular complexity index is 551. The molecular weight excluding hydrogens is 344 g/mol. The molecule has 0 amide bonds. The number of thiophene rings is 1. The summed E-state index contributed by atoms with van der Waals surface area (Å²) in [5.74, 6) is -1.05. The van der Waals surface area contributed by atoms with Crippen molar-refractivity contribution in [3.05, 3.63) is 56.2 Å². The number of rotatable bonds is 6. The topological polar surface area (TPSA) is 12.0 Å². The number of benzene rings is 1. The van der Waals surface area contributed by atoms with Crippen molar-refractivity contribution in [3.63, 3.8) is 0 Å². The lowest BCUT2D eigenvalue weighted by molar-refractivity contribution is 0.529. The van der Waals surface area contributed by atoms with E-state index >= 15 is 0 Å². The van der Waals surface area contributed by atoms with Gasteiger partial charge >= 0.3 is 0 Å². The van der Waals surface area contributed by atoms with Crippen molar-refractivity contribution < 1.29 is 8.78 Å². The summed E-state index contributed by atoms with van der Waals surface area (Å²) in [4.78, 5) is 1.16. The van der Waals surface area contributed by atoms with Crippen LogP contribution in [0, 0.1) is 11.6 Å². The Morgan fingerprint density at radius 3 is 2.45 bits per heavy atom. The fourth-order valence-electron chi connectivity index (χ4n) is 2.07. The van der Waals surface area contributed by atoms with Gasteiger partial charge in [-0.1, -0.05) is 6.92 Å². The molecule has 0 spiro atoms. The predicted molar refractivity (Wildman–Crippen MR) is 83.1 cm³/mol. The van der Waals surface area contributed by atoms with Crippen molar-refractivity contribution in [1.29, 1.82) is 0 Å². The van der Waals surface area contributed by atoms with Crippen LogP contribution in [0.15, 0.2) is 34.1 Å². The van der Waals surface area contributed by atoms with Gasteiger partial charge in [-0.15, -0.1) is 11.3 Å². The molecule has 108 valence electrons. The molecule has 0 radical (unpaired) electrons. The zero-order valence-electron chi connectivity index (χ0n) is 11.1. The van der Waals surface area contributed by atoms with E-state index in [-0.39, 0.29) is 6.04 Å². The van der Waals surface area contributed by atoms with Gasteiger partial charge in [-0.3, -0.25) is 0 Å². The first-order valence-corrected chi connectivity index (χ1v) is 8.13. The average molecular weight is 360 g/mol. The molecular formula is C15H16BrF2NS. The lowest BCUT2D eigenvalue weighted by Gasteiger charge is -2.17. The van der Waals surface area contributed by atoms with E-state index in [4.69, 9.17) is 0 Å². The molecule has 0 saturated heterocycles. The Balaban J connectivity index is 2.18. The van der Waals surface area contributed by atoms with Gasteiger partial charge in [-0.2, -0.15) is 0 Å². The van der Waals surface area contributed by atoms with E-state index in [1.54, 1.807) is 11.3 Å². The van der Waals surface area contributed by atoms with Crippen molar-refractivity contribution in [3.8, 4) is 0 Å². The van der Waals surface area contributed by atoms with E-state index in [9.17, 15) is 8.78 Å². The second-order valence-corrected chi connectivity index (χ2v) is 7.12. The maximum Gasteiger partial charge on any atom is 0.126 e. The molecule has 0 bridgehead atoms. The van der Waals surface area contributed by atoms with Gasteiger partial charge in [0.2, 0.25) is 0 Å². The quantitative estimate of drug-likeness (QED) is 0.758. The molecule has 0 aliphatic heterocycles. The van der Waals surface area contributed by atoms with Crippen molar-refractivity contribution in [2.75, 3.05) is 6.54 Å². The molecule has 1 aromatic heterocycles. The highest BCUT2D eigenvalue weighted by Crippen LogP contribution is 2.29. The molecule has 2 rings (SSSR count). The molecule has 0 aliphatic rings. The summed E-state index contributed by atoms with van der Waals surface area (Å²) in [7, 11) is 0. The smallest absolute Gasteiger partial charge is 0.126 e. The fourth-order valence-corrected chi connectivity index (χ4v) is 3.57. The maximum absolute atomic E-state index is 13.3. The van der Waals surface area contributed by atoms with Gasteiger partial charge in [0.25, 0.3) is 0 Å². The van der Waals surface area contributed by atoms with Gasteiger partial charge in [0.15, 0.2) is 0 Å². The van der Waals surface area contributed by atoms with Crippen molar-refractivity contribution >= 4 is 27.3 Å². The molecule has 1 heterocycles. The van der Waals surface area contributed by atoms with Gasteiger partial charge in [0, 0.05) is 17.0 Å². The monoisotopic (exact) mass is 359 g/mol. The standard InChI is InChI=1S/C15H16BrF2NS/c1-2-5-19-13(14-3-4-15(16)20-14)8-10-6-11(17)9-12(18)7-10/h3-4,6-7,9,13,19H,2,5,8H2,1H3. The Hall–Kier alpha value is -0.780. The van der Waals surface area contributed by atoms with Crippen LogP contribution in [0.25, 0.3) is 0 Å². The van der Waals surface area contributed by atoms with E-state index < -0.39 is 11.6 Å². The summed E-state index contributed by atoms with van der Waals surface area (Å²) in [5.41, 5.74) is 0.667. The average Bonchev–Trinajstić information content (AvgIpc) is 2.80. The van der Waals surface area contributed by atoms with E-state index in [1.165, 1.54) is 12.1 Å². The van der Waals surface area contributed by atoms with Crippen LogP contribution in [0.5, 0.6) is 0 Å². The second kappa shape index (κ2) is 7.29. The predicted octanol–water partition coefficient (Wildman–Crippen LogP) is 5.07. The summed E-state index contributed by atoms with van der Waals surface area (Å²) in [6.45, 7) is 2.97. The van der Waals surface area contributed by atoms with Crippen LogP contribution in [0.3, 0.4) is 0 Å². The number of nitrogens with one attached hydrogen (secondary N) is 1. The number of hydrogen-bond acceptors (Lipinski definition) is 2. The van der Waals surface area contributed by atoms with Crippen molar-refractivity contribution in [2.24, 2.45) is 0 Å². The Labute approximate surface area is 130 Å². The second-order valence-electron chi connectivity index (χ2n) is 4.63. The zero-order chi connectivity index (χ0) is 14.5. The van der Waals surface area contributed by atoms with Crippen LogP contribution < -0.4 is 5.32 Å². The Morgan fingerprint density at radius 1 is 1.20 bits per heavy atom. The molecule has 5 heteroatoms. The summed E-state index contributed by atoms with van der Waals surface area (Å²) < 4.78 is 27.6. The first kappa shape index (κ1) is 15.6. The highest BCUT2D eigenvalue weighted by atomic mass is 79.9. The molecule has 0 saturated carbocycles. The highest BCUT2D eigenvalue weighted by Gasteiger charge is 2.14. The van der Waals surface area contributed by atoms with E-state index in [2.05, 4.69) is 28.2 Å². The zero-order valence-corrected chi connectivity index (χ0v) is 13.5. The van der Waals surface area contributed by atoms with Crippen LogP contribution in [-0.4, -0.2) is 6.54 Å². The molecule has 1 atom stereocenters. The largest absolute Gasteiger partial charge is 0.309 e. The van der Waals surface area contributed by atoms with Crippen LogP contribution >= 0.6 is 27.3 Å². The summed E-state index contributed by atoms with van der Waals surface area (Å²) in [6, 6.07) is 7.80. The molecule has 0 aliphatic carbocycles. The van der Waals surface area contributed by atoms with Gasteiger partial charge in [-0.05, 0) is 65.1 Å². The fraction of sp³-hybridized carbons (Fsp3) is 0.333. The number of halogens is 3. The maximum atomic E-state index is 13.3. The van der Waals surface area contributed by atoms with Crippen LogP contribution in [0.4, 0.5) is 8.78 Å². The minimum absolute atomic E-state index is 0.0763. The third-order valence-corrected chi connectivity index (χ3v) is 4.68. The minimum Gasteiger partial charge on any atom is -0.309 e. The molecule has 20 heavy (non-hydrogen) atoms. The lowest BCUT2D eigenvalue weighted by Crippen LogP contribution is -2.23. The molecule has 2 aromatic rings. The first-order valence-electron chi connectivity index (χ1n) is 6.52. The number of hydrogen-bond donors (Lipinski definition) is 1. The van der Waals surface area contributed by atoms with Crippen LogP contribution in [0.2, 0.25) is 0 Å². The SMILES string of the molecule is CCCNC(Cc1cc(F)cc(F)c1)c1ccc(Br)s1. The summed E-state index contributed by atoms with van der Waals surface area (Å²) in [5, 5.41) is 3.43. The molecule has 1 nitrogen and oxygen atoms in total. The molecule has 1 unspecified atom stereocenters. The highest BCUT2D eigenvalue weighted by molar-refractivity contribution is 9.11. The normalized spacial score (nSPS) is 12.6. The van der Waals surface area contributed by atoms with Gasteiger partial charge in [-0.25, -0.2) is 8.78 Å². The molecule has 0 fully saturated rings. The molecule has 1 aromatic carbocycles. The third-order valence-electron chi connectivity index (χ3n) is 2.94. The van der Waals surface area contributed by atoms with Gasteiger partial charge in [0.1, 0.15) is 11.6 Å². The van der Waals surface area contributed by atoms with Crippen molar-refractivity contribution in [1.82, 2.24) is 5.32 Å². The summed E-state index contributed by atoms with van der Waals surface area (Å²) >= 11 is 5.09. The minimum atomic E-state index is -0.526. The van der Waals surface area contributed by atoms with E-state index in [0.29, 0.717) is 12.0 Å². The lowest BCUT2D eigenvalue weighted by atomic mass is 10.0. The van der Waals surface area contributed by atoms with E-state index in [1.807, 2.05) is 12.1 Å². The summed E-state index contributed by atoms with van der Waals surface area (Å²) in [6.07, 6.45) is 1.59. The Morgan fingerprint density at radius 2 is 1.90 bits per heavy atom. The van der Waals surface area contributed by atoms with Crippen LogP contribution in [0.1, 0.15) is 29.8 Å². The van der Waals surface area contributed by atoms with Crippen LogP contribution in [-0.2, 0) is 6.42 Å². The van der Waals surface area contributed by atoms with Gasteiger partial charge in [0.05, 0.1) is 3.79 Å². The Kier molecular flexibility index (Phi) is 5.69. The van der Waals surface area contributed by atoms with E-state index in [0.717, 1.165) is 27.7 Å². The molecule has 1 N–H and O–H groups in total. The van der Waals surface area contributed by atoms with Gasteiger partial charge < -0.3 is 5.32 Å². The first-order chi connectivity index (χ1) is 9.58. The van der Waals surface area contributed by atoms with Crippen molar-refractivity contribution in [2.45, 2.75) is 25.8 Å².